The predicted molar refractivity (Wildman–Crippen MR) is 78.9 cm³/mol. The lowest BCUT2D eigenvalue weighted by Crippen LogP contribution is -2.23. The minimum Gasteiger partial charge on any atom is -0.348 e. The molecule has 1 aromatic heterocycles. The van der Waals surface area contributed by atoms with Crippen molar-refractivity contribution in [3.05, 3.63) is 63.9 Å². The van der Waals surface area contributed by atoms with Crippen LogP contribution in [0.1, 0.15) is 28.4 Å². The summed E-state index contributed by atoms with van der Waals surface area (Å²) in [6, 6.07) is 11.5. The van der Waals surface area contributed by atoms with Gasteiger partial charge in [0.25, 0.3) is 5.91 Å². The van der Waals surface area contributed by atoms with E-state index in [4.69, 9.17) is 0 Å². The van der Waals surface area contributed by atoms with Crippen LogP contribution in [0.2, 0.25) is 0 Å². The first kappa shape index (κ1) is 13.7. The van der Waals surface area contributed by atoms with E-state index in [1.54, 1.807) is 18.3 Å². The number of hydrogen-bond acceptors (Lipinski definition) is 2. The van der Waals surface area contributed by atoms with Crippen molar-refractivity contribution in [3.8, 4) is 0 Å². The molecule has 0 aliphatic heterocycles. The molecule has 0 radical (unpaired) electrons. The van der Waals surface area contributed by atoms with Gasteiger partial charge in [0.15, 0.2) is 0 Å². The molecule has 0 saturated carbocycles. The van der Waals surface area contributed by atoms with Crippen molar-refractivity contribution in [3.63, 3.8) is 0 Å². The Morgan fingerprint density at radius 3 is 2.68 bits per heavy atom. The van der Waals surface area contributed by atoms with Crippen LogP contribution in [-0.4, -0.2) is 10.9 Å². The van der Waals surface area contributed by atoms with Gasteiger partial charge in [0.05, 0.1) is 0 Å². The second-order valence-corrected chi connectivity index (χ2v) is 4.98. The molecule has 2 rings (SSSR count). The second kappa shape index (κ2) is 6.48. The van der Waals surface area contributed by atoms with Gasteiger partial charge in [-0.1, -0.05) is 31.2 Å². The largest absolute Gasteiger partial charge is 0.348 e. The molecule has 0 saturated heterocycles. The Bertz CT molecular complexity index is 584. The van der Waals surface area contributed by atoms with Crippen LogP contribution in [0.25, 0.3) is 0 Å². The number of aryl methyl sites for hydroxylation is 1. The molecule has 0 unspecified atom stereocenters. The minimum absolute atomic E-state index is 0.0889. The second-order valence-electron chi connectivity index (χ2n) is 4.17. The number of carbonyl (C=O) groups excluding carboxylic acids is 1. The molecule has 0 spiro atoms. The maximum absolute atomic E-state index is 12.0. The molecule has 2 aromatic rings. The Balaban J connectivity index is 2.04. The Hall–Kier alpha value is -1.68. The number of amides is 1. The number of rotatable bonds is 4. The molecule has 3 nitrogen and oxygen atoms in total. The zero-order valence-corrected chi connectivity index (χ0v) is 12.3. The molecule has 1 heterocycles. The van der Waals surface area contributed by atoms with E-state index in [1.165, 1.54) is 5.56 Å². The van der Waals surface area contributed by atoms with E-state index in [-0.39, 0.29) is 5.91 Å². The lowest BCUT2D eigenvalue weighted by Gasteiger charge is -2.09. The molecule has 1 amide bonds. The first-order chi connectivity index (χ1) is 9.20. The summed E-state index contributed by atoms with van der Waals surface area (Å²) in [6.07, 6.45) is 2.58. The van der Waals surface area contributed by atoms with Crippen LogP contribution in [0, 0.1) is 0 Å². The monoisotopic (exact) mass is 318 g/mol. The maximum atomic E-state index is 12.0. The summed E-state index contributed by atoms with van der Waals surface area (Å²) in [6.45, 7) is 2.66. The van der Waals surface area contributed by atoms with Crippen molar-refractivity contribution in [1.29, 1.82) is 0 Å². The number of nitrogens with one attached hydrogen (secondary N) is 1. The van der Waals surface area contributed by atoms with Gasteiger partial charge in [0.1, 0.15) is 4.60 Å². The van der Waals surface area contributed by atoms with Gasteiger partial charge in [-0.15, -0.1) is 0 Å². The highest BCUT2D eigenvalue weighted by Gasteiger charge is 2.07. The van der Waals surface area contributed by atoms with Crippen molar-refractivity contribution in [2.75, 3.05) is 0 Å². The summed E-state index contributed by atoms with van der Waals surface area (Å²) in [5, 5.41) is 2.93. The van der Waals surface area contributed by atoms with Crippen LogP contribution in [0.15, 0.2) is 47.2 Å². The van der Waals surface area contributed by atoms with Gasteiger partial charge in [-0.3, -0.25) is 4.79 Å². The SMILES string of the molecule is CCc1ccccc1CNC(=O)c1ccnc(Br)c1. The van der Waals surface area contributed by atoms with E-state index >= 15 is 0 Å². The number of pyridine rings is 1. The third-order valence-electron chi connectivity index (χ3n) is 2.93. The van der Waals surface area contributed by atoms with E-state index in [2.05, 4.69) is 39.2 Å². The number of hydrogen-bond donors (Lipinski definition) is 1. The van der Waals surface area contributed by atoms with Crippen molar-refractivity contribution in [1.82, 2.24) is 10.3 Å². The van der Waals surface area contributed by atoms with Crippen LogP contribution in [0.5, 0.6) is 0 Å². The van der Waals surface area contributed by atoms with Gasteiger partial charge in [0, 0.05) is 18.3 Å². The fraction of sp³-hybridized carbons (Fsp3) is 0.200. The average Bonchev–Trinajstić information content (AvgIpc) is 2.45. The molecule has 1 N–H and O–H groups in total. The number of halogens is 1. The zero-order chi connectivity index (χ0) is 13.7. The smallest absolute Gasteiger partial charge is 0.251 e. The third kappa shape index (κ3) is 3.64. The van der Waals surface area contributed by atoms with Gasteiger partial charge in [-0.2, -0.15) is 0 Å². The Labute approximate surface area is 121 Å². The molecule has 4 heteroatoms. The van der Waals surface area contributed by atoms with E-state index < -0.39 is 0 Å². The van der Waals surface area contributed by atoms with Crippen LogP contribution in [0.3, 0.4) is 0 Å². The molecule has 1 aromatic carbocycles. The van der Waals surface area contributed by atoms with Crippen LogP contribution in [-0.2, 0) is 13.0 Å². The van der Waals surface area contributed by atoms with Crippen molar-refractivity contribution in [2.45, 2.75) is 19.9 Å². The highest BCUT2D eigenvalue weighted by molar-refractivity contribution is 9.10. The van der Waals surface area contributed by atoms with Gasteiger partial charge >= 0.3 is 0 Å². The standard InChI is InChI=1S/C15H15BrN2O/c1-2-11-5-3-4-6-13(11)10-18-15(19)12-7-8-17-14(16)9-12/h3-9H,2,10H2,1H3,(H,18,19). The highest BCUT2D eigenvalue weighted by atomic mass is 79.9. The fourth-order valence-electron chi connectivity index (χ4n) is 1.90. The topological polar surface area (TPSA) is 42.0 Å². The third-order valence-corrected chi connectivity index (χ3v) is 3.36. The summed E-state index contributed by atoms with van der Waals surface area (Å²) in [5.74, 6) is -0.0889. The molecule has 19 heavy (non-hydrogen) atoms. The summed E-state index contributed by atoms with van der Waals surface area (Å²) < 4.78 is 0.661. The summed E-state index contributed by atoms with van der Waals surface area (Å²) in [7, 11) is 0. The van der Waals surface area contributed by atoms with Crippen LogP contribution in [0.4, 0.5) is 0 Å². The zero-order valence-electron chi connectivity index (χ0n) is 10.7. The van der Waals surface area contributed by atoms with E-state index in [0.717, 1.165) is 12.0 Å². The van der Waals surface area contributed by atoms with Crippen molar-refractivity contribution >= 4 is 21.8 Å². The Morgan fingerprint density at radius 2 is 2.00 bits per heavy atom. The van der Waals surface area contributed by atoms with Gasteiger partial charge in [-0.05, 0) is 45.6 Å². The number of carbonyl (C=O) groups is 1. The normalized spacial score (nSPS) is 10.2. The number of nitrogens with zero attached hydrogens (tertiary/aromatic N) is 1. The van der Waals surface area contributed by atoms with E-state index in [1.807, 2.05) is 18.2 Å². The van der Waals surface area contributed by atoms with E-state index in [0.29, 0.717) is 16.7 Å². The van der Waals surface area contributed by atoms with Crippen molar-refractivity contribution in [2.24, 2.45) is 0 Å². The van der Waals surface area contributed by atoms with Crippen LogP contribution >= 0.6 is 15.9 Å². The highest BCUT2D eigenvalue weighted by Crippen LogP contribution is 2.11. The maximum Gasteiger partial charge on any atom is 0.251 e. The molecule has 0 aliphatic carbocycles. The van der Waals surface area contributed by atoms with Crippen LogP contribution < -0.4 is 5.32 Å². The molecule has 0 atom stereocenters. The van der Waals surface area contributed by atoms with Gasteiger partial charge in [0.2, 0.25) is 0 Å². The molecule has 98 valence electrons. The van der Waals surface area contributed by atoms with Crippen molar-refractivity contribution < 1.29 is 4.79 Å². The Kier molecular flexibility index (Phi) is 4.68. The molecule has 0 fully saturated rings. The minimum atomic E-state index is -0.0889. The Morgan fingerprint density at radius 1 is 1.26 bits per heavy atom. The predicted octanol–water partition coefficient (Wildman–Crippen LogP) is 3.34. The lowest BCUT2D eigenvalue weighted by molar-refractivity contribution is 0.0950. The number of benzene rings is 1. The van der Waals surface area contributed by atoms with Gasteiger partial charge < -0.3 is 5.32 Å². The first-order valence-corrected chi connectivity index (χ1v) is 6.96. The first-order valence-electron chi connectivity index (χ1n) is 6.17. The number of aromatic nitrogens is 1. The molecular weight excluding hydrogens is 304 g/mol. The quantitative estimate of drug-likeness (QED) is 0.878. The molecule has 0 aliphatic rings. The lowest BCUT2D eigenvalue weighted by atomic mass is 10.1. The summed E-state index contributed by atoms with van der Waals surface area (Å²) >= 11 is 3.26. The summed E-state index contributed by atoms with van der Waals surface area (Å²) in [4.78, 5) is 16.0. The van der Waals surface area contributed by atoms with Gasteiger partial charge in [-0.25, -0.2) is 4.98 Å². The summed E-state index contributed by atoms with van der Waals surface area (Å²) in [5.41, 5.74) is 3.03. The van der Waals surface area contributed by atoms with E-state index in [9.17, 15) is 4.79 Å². The molecular formula is C15H15BrN2O. The fourth-order valence-corrected chi connectivity index (χ4v) is 2.26. The average molecular weight is 319 g/mol. The molecule has 0 bridgehead atoms.